The lowest BCUT2D eigenvalue weighted by molar-refractivity contribution is -0.108. The Balaban J connectivity index is -0.000000215. The summed E-state index contributed by atoms with van der Waals surface area (Å²) in [6.07, 6.45) is 2.70. The first-order chi connectivity index (χ1) is 25.2. The lowest BCUT2D eigenvalue weighted by Gasteiger charge is -2.47. The van der Waals surface area contributed by atoms with Crippen molar-refractivity contribution >= 4 is 18.9 Å². The summed E-state index contributed by atoms with van der Waals surface area (Å²) < 4.78 is 0. The second-order valence-electron chi connectivity index (χ2n) is 22.0. The minimum Gasteiger partial charge on any atom is -0.307 e. The van der Waals surface area contributed by atoms with Crippen molar-refractivity contribution in [2.45, 2.75) is 199 Å². The predicted octanol–water partition coefficient (Wildman–Crippen LogP) is 13.3. The van der Waals surface area contributed by atoms with Crippen molar-refractivity contribution in [3.63, 3.8) is 0 Å². The fourth-order valence-electron chi connectivity index (χ4n) is 8.26. The maximum absolute atomic E-state index is 10.4. The van der Waals surface area contributed by atoms with E-state index in [1.807, 2.05) is 0 Å². The molecule has 0 fully saturated rings. The van der Waals surface area contributed by atoms with Gasteiger partial charge in [0.15, 0.2) is 0 Å². The van der Waals surface area contributed by atoms with Gasteiger partial charge in [-0.25, -0.2) is 0 Å². The molecule has 0 bridgehead atoms. The van der Waals surface area contributed by atoms with Gasteiger partial charge in [0.2, 0.25) is 0 Å². The van der Waals surface area contributed by atoms with Gasteiger partial charge in [0.1, 0.15) is 18.9 Å². The van der Waals surface area contributed by atoms with E-state index < -0.39 is 0 Å². The Morgan fingerprint density at radius 1 is 0.397 bits per heavy atom. The first-order valence-electron chi connectivity index (χ1n) is 21.3. The van der Waals surface area contributed by atoms with Crippen molar-refractivity contribution < 1.29 is 14.4 Å². The van der Waals surface area contributed by atoms with E-state index in [-0.39, 0.29) is 63.5 Å². The number of rotatable bonds is 17. The first kappa shape index (κ1) is 65.0. The van der Waals surface area contributed by atoms with E-state index in [2.05, 4.69) is 215 Å². The molecule has 7 unspecified atom stereocenters. The molecule has 58 heavy (non-hydrogen) atoms. The van der Waals surface area contributed by atoms with Crippen LogP contribution < -0.4 is 16.0 Å². The Labute approximate surface area is 364 Å². The molecular weight excluding hydrogens is 715 g/mol. The van der Waals surface area contributed by atoms with Crippen LogP contribution in [0, 0.1) is 49.2 Å². The van der Waals surface area contributed by atoms with Gasteiger partial charge in [0.05, 0.1) is 19.6 Å². The molecule has 344 valence electrons. The number of carbonyl (C=O) groups is 3. The van der Waals surface area contributed by atoms with Crippen LogP contribution in [0.5, 0.6) is 0 Å². The molecule has 0 radical (unpaired) electrons. The predicted molar refractivity (Wildman–Crippen MR) is 262 cm³/mol. The van der Waals surface area contributed by atoms with Crippen molar-refractivity contribution in [1.29, 1.82) is 0 Å². The van der Waals surface area contributed by atoms with E-state index in [9.17, 15) is 14.4 Å². The summed E-state index contributed by atoms with van der Waals surface area (Å²) in [6, 6.07) is 0.709. The van der Waals surface area contributed by atoms with E-state index in [0.29, 0.717) is 31.0 Å². The van der Waals surface area contributed by atoms with Gasteiger partial charge in [-0.1, -0.05) is 181 Å². The summed E-state index contributed by atoms with van der Waals surface area (Å²) in [5.41, 5.74) is 5.60. The Hall–Kier alpha value is -2.15. The van der Waals surface area contributed by atoms with Crippen LogP contribution in [0.4, 0.5) is 0 Å². The topological polar surface area (TPSA) is 87.3 Å². The number of aldehydes is 3. The Kier molecular flexibility index (Phi) is 28.7. The summed E-state index contributed by atoms with van der Waals surface area (Å²) in [6.45, 7) is 72.5. The van der Waals surface area contributed by atoms with Crippen LogP contribution >= 0.6 is 0 Å². The molecule has 0 saturated heterocycles. The van der Waals surface area contributed by atoms with Crippen LogP contribution in [0.1, 0.15) is 181 Å². The Bertz CT molecular complexity index is 1160. The molecule has 0 aromatic carbocycles. The molecule has 6 heteroatoms. The van der Waals surface area contributed by atoms with Crippen LogP contribution in [0.3, 0.4) is 0 Å². The maximum atomic E-state index is 10.4. The highest BCUT2D eigenvalue weighted by atomic mass is 16.1. The molecule has 0 saturated carbocycles. The molecule has 6 nitrogen and oxygen atoms in total. The fourth-order valence-corrected chi connectivity index (χ4v) is 8.26. The third kappa shape index (κ3) is 17.1. The number of carbonyl (C=O) groups excluding carboxylic acids is 3. The van der Waals surface area contributed by atoms with Gasteiger partial charge in [-0.05, 0) is 81.5 Å². The lowest BCUT2D eigenvalue weighted by Crippen LogP contribution is -2.50. The zero-order valence-corrected chi connectivity index (χ0v) is 42.7. The second-order valence-corrected chi connectivity index (χ2v) is 22.0. The van der Waals surface area contributed by atoms with Gasteiger partial charge in [-0.2, -0.15) is 0 Å². The monoisotopic (exact) mass is 818 g/mol. The molecule has 0 rings (SSSR count). The molecule has 0 amide bonds. The van der Waals surface area contributed by atoms with E-state index >= 15 is 0 Å². The standard InChI is InChI=1S/3C13H25NO.C12H24.CH4/c3*1-10(2)13(7,12(4,5)6)11(3)14-8-9-15;1-9(2)12(8,10(3)4)11(5,6)7;/h3*9,11,14H,1,8H2,2-7H3;10H,1H2,2-8H3;1H4. The van der Waals surface area contributed by atoms with Crippen LogP contribution in [-0.4, -0.2) is 56.6 Å². The molecule has 0 heterocycles. The normalized spacial score (nSPS) is 17.6. The Morgan fingerprint density at radius 2 is 0.552 bits per heavy atom. The Morgan fingerprint density at radius 3 is 0.621 bits per heavy atom. The average molecular weight is 818 g/mol. The SMILES string of the molecule is C.C=C(C)C(C)(C(C)C)C(C)(C)C.C=C(C)C(C)(C(C)NCC=O)C(C)(C)C.C=C(C)C(C)(C(C)NCC=O)C(C)(C)C.C=C(C)C(C)(C(C)NCC=O)C(C)(C)C. The van der Waals surface area contributed by atoms with Crippen molar-refractivity contribution in [3.8, 4) is 0 Å². The van der Waals surface area contributed by atoms with E-state index in [1.54, 1.807) is 0 Å². The van der Waals surface area contributed by atoms with Crippen LogP contribution in [0.2, 0.25) is 0 Å². The molecule has 0 aliphatic heterocycles. The van der Waals surface area contributed by atoms with E-state index in [1.165, 1.54) is 5.57 Å². The lowest BCUT2D eigenvalue weighted by atomic mass is 9.59. The van der Waals surface area contributed by atoms with Gasteiger partial charge in [0, 0.05) is 34.4 Å². The molecular formula is C52H103N3O3. The van der Waals surface area contributed by atoms with Crippen molar-refractivity contribution in [3.05, 3.63) is 48.6 Å². The van der Waals surface area contributed by atoms with E-state index in [4.69, 9.17) is 0 Å². The highest BCUT2D eigenvalue weighted by Crippen LogP contribution is 2.50. The molecule has 7 atom stereocenters. The van der Waals surface area contributed by atoms with Gasteiger partial charge in [-0.15, -0.1) is 0 Å². The summed E-state index contributed by atoms with van der Waals surface area (Å²) in [5, 5.41) is 9.70. The van der Waals surface area contributed by atoms with E-state index in [0.717, 1.165) is 35.6 Å². The second kappa shape index (κ2) is 25.6. The summed E-state index contributed by atoms with van der Waals surface area (Å²) in [5.74, 6) is 0.648. The zero-order valence-electron chi connectivity index (χ0n) is 42.7. The van der Waals surface area contributed by atoms with Crippen molar-refractivity contribution in [2.24, 2.45) is 49.2 Å². The summed E-state index contributed by atoms with van der Waals surface area (Å²) in [4.78, 5) is 31.1. The highest BCUT2D eigenvalue weighted by Gasteiger charge is 2.45. The smallest absolute Gasteiger partial charge is 0.133 e. The average Bonchev–Trinajstić information content (AvgIpc) is 3.04. The number of hydrogen-bond acceptors (Lipinski definition) is 6. The molecule has 0 aliphatic carbocycles. The quantitative estimate of drug-likeness (QED) is 0.100. The van der Waals surface area contributed by atoms with Gasteiger partial charge in [0.25, 0.3) is 0 Å². The third-order valence-corrected chi connectivity index (χ3v) is 15.1. The number of nitrogens with one attached hydrogen (secondary N) is 3. The molecule has 0 aliphatic rings. The maximum Gasteiger partial charge on any atom is 0.133 e. The van der Waals surface area contributed by atoms with Crippen molar-refractivity contribution in [1.82, 2.24) is 16.0 Å². The van der Waals surface area contributed by atoms with Crippen molar-refractivity contribution in [2.75, 3.05) is 19.6 Å². The number of allylic oxidation sites excluding steroid dienone is 1. The molecule has 3 N–H and O–H groups in total. The van der Waals surface area contributed by atoms with Crippen LogP contribution in [-0.2, 0) is 14.4 Å². The summed E-state index contributed by atoms with van der Waals surface area (Å²) in [7, 11) is 0. The van der Waals surface area contributed by atoms with Gasteiger partial charge < -0.3 is 30.3 Å². The molecule has 0 spiro atoms. The number of hydrogen-bond donors (Lipinski definition) is 3. The molecule has 0 aromatic rings. The first-order valence-corrected chi connectivity index (χ1v) is 21.3. The third-order valence-electron chi connectivity index (χ3n) is 15.1. The van der Waals surface area contributed by atoms with Crippen LogP contribution in [0.15, 0.2) is 48.6 Å². The minimum absolute atomic E-state index is 0. The zero-order chi connectivity index (χ0) is 47.0. The molecule has 0 aromatic heterocycles. The highest BCUT2D eigenvalue weighted by molar-refractivity contribution is 5.52. The largest absolute Gasteiger partial charge is 0.307 e. The minimum atomic E-state index is -0.0178. The fraction of sp³-hybridized carbons (Fsp3) is 0.788. The van der Waals surface area contributed by atoms with Gasteiger partial charge >= 0.3 is 0 Å². The van der Waals surface area contributed by atoms with Gasteiger partial charge in [-0.3, -0.25) is 0 Å². The van der Waals surface area contributed by atoms with Crippen LogP contribution in [0.25, 0.3) is 0 Å². The summed E-state index contributed by atoms with van der Waals surface area (Å²) >= 11 is 0.